The van der Waals surface area contributed by atoms with Gasteiger partial charge in [0.05, 0.1) is 6.33 Å². The number of carbonyl (C=O) groups excluding carboxylic acids is 1. The first-order chi connectivity index (χ1) is 5.77. The molecule has 0 N–H and O–H groups in total. The molecule has 0 aromatic heterocycles. The van der Waals surface area contributed by atoms with Gasteiger partial charge in [0.15, 0.2) is 0 Å². The van der Waals surface area contributed by atoms with E-state index in [1.165, 1.54) is 6.08 Å². The third-order valence-corrected chi connectivity index (χ3v) is 2.59. The lowest BCUT2D eigenvalue weighted by atomic mass is 10.0. The third-order valence-electron chi connectivity index (χ3n) is 1.94. The lowest BCUT2D eigenvalue weighted by molar-refractivity contribution is -0.133. The van der Waals surface area contributed by atoms with E-state index >= 15 is 0 Å². The average molecular weight is 189 g/mol. The maximum atomic E-state index is 11.7. The predicted octanol–water partition coefficient (Wildman–Crippen LogP) is 1.24. The van der Waals surface area contributed by atoms with Crippen LogP contribution in [0.1, 0.15) is 0 Å². The van der Waals surface area contributed by atoms with Gasteiger partial charge in [-0.05, 0) is 12.7 Å². The van der Waals surface area contributed by atoms with Crippen LogP contribution in [0.25, 0.3) is 0 Å². The number of nitrogens with zero attached hydrogens (tertiary/aromatic N) is 1. The fourth-order valence-corrected chi connectivity index (χ4v) is 1.73. The monoisotopic (exact) mass is 189 g/mol. The number of carbonyl (C=O) groups is 1. The smallest absolute Gasteiger partial charge is 0.226 e. The molecular formula is C8H13FNOP. The molecule has 4 heteroatoms. The molecular weight excluding hydrogens is 176 g/mol. The molecule has 0 bridgehead atoms. The van der Waals surface area contributed by atoms with Crippen molar-refractivity contribution in [1.82, 2.24) is 4.90 Å². The van der Waals surface area contributed by atoms with Gasteiger partial charge < -0.3 is 4.90 Å². The maximum absolute atomic E-state index is 11.7. The second-order valence-corrected chi connectivity index (χ2v) is 3.97. The number of likely N-dealkylation sites (tertiary alicyclic amines) is 1. The van der Waals surface area contributed by atoms with Gasteiger partial charge in [0, 0.05) is 25.2 Å². The summed E-state index contributed by atoms with van der Waals surface area (Å²) in [6, 6.07) is 0. The van der Waals surface area contributed by atoms with Crippen molar-refractivity contribution in [2.45, 2.75) is 0 Å². The standard InChI is InChI=1S/C8H13FNOP/c1-12-6-8(11)10-4-7(5-10)2-3-9/h2-3,7,12H,4-6H2,1H3/b3-2-. The first-order valence-corrected chi connectivity index (χ1v) is 5.68. The Labute approximate surface area is 73.6 Å². The van der Waals surface area contributed by atoms with Gasteiger partial charge in [-0.25, -0.2) is 4.39 Å². The second-order valence-electron chi connectivity index (χ2n) is 2.91. The van der Waals surface area contributed by atoms with E-state index in [1.54, 1.807) is 4.90 Å². The average Bonchev–Trinajstić information content (AvgIpc) is 1.96. The zero-order chi connectivity index (χ0) is 8.97. The molecule has 0 aromatic rings. The number of amides is 1. The summed E-state index contributed by atoms with van der Waals surface area (Å²) in [5.41, 5.74) is 0. The quantitative estimate of drug-likeness (QED) is 0.611. The molecule has 1 saturated heterocycles. The summed E-state index contributed by atoms with van der Waals surface area (Å²) in [5.74, 6) is 0.457. The molecule has 0 spiro atoms. The molecule has 1 heterocycles. The first-order valence-electron chi connectivity index (χ1n) is 3.97. The summed E-state index contributed by atoms with van der Waals surface area (Å²) >= 11 is 0. The van der Waals surface area contributed by atoms with Crippen LogP contribution in [0.2, 0.25) is 0 Å². The summed E-state index contributed by atoms with van der Waals surface area (Å²) in [5, 5.41) is 0. The van der Waals surface area contributed by atoms with Crippen molar-refractivity contribution in [3.05, 3.63) is 12.4 Å². The summed E-state index contributed by atoms with van der Waals surface area (Å²) in [4.78, 5) is 13.0. The number of rotatable bonds is 3. The van der Waals surface area contributed by atoms with Crippen LogP contribution in [0, 0.1) is 5.92 Å². The summed E-state index contributed by atoms with van der Waals surface area (Å²) in [6.45, 7) is 3.41. The van der Waals surface area contributed by atoms with E-state index in [1.807, 2.05) is 6.66 Å². The Hall–Kier alpha value is -0.430. The highest BCUT2D eigenvalue weighted by atomic mass is 31.1. The van der Waals surface area contributed by atoms with Crippen LogP contribution >= 0.6 is 8.58 Å². The molecule has 1 atom stereocenters. The summed E-state index contributed by atoms with van der Waals surface area (Å²) in [6.07, 6.45) is 2.72. The fraction of sp³-hybridized carbons (Fsp3) is 0.625. The van der Waals surface area contributed by atoms with E-state index in [4.69, 9.17) is 0 Å². The van der Waals surface area contributed by atoms with Crippen molar-refractivity contribution in [1.29, 1.82) is 0 Å². The lowest BCUT2D eigenvalue weighted by Crippen LogP contribution is -2.49. The minimum atomic E-state index is 0.208. The highest BCUT2D eigenvalue weighted by Gasteiger charge is 2.27. The number of halogens is 1. The molecule has 0 radical (unpaired) electrons. The van der Waals surface area contributed by atoms with E-state index < -0.39 is 0 Å². The molecule has 1 rings (SSSR count). The topological polar surface area (TPSA) is 20.3 Å². The van der Waals surface area contributed by atoms with Gasteiger partial charge in [-0.3, -0.25) is 4.79 Å². The van der Waals surface area contributed by atoms with E-state index in [2.05, 4.69) is 0 Å². The second kappa shape index (κ2) is 4.56. The molecule has 1 aliphatic heterocycles. The molecule has 12 heavy (non-hydrogen) atoms. The van der Waals surface area contributed by atoms with Gasteiger partial charge in [0.2, 0.25) is 5.91 Å². The van der Waals surface area contributed by atoms with Crippen LogP contribution in [-0.4, -0.2) is 36.7 Å². The van der Waals surface area contributed by atoms with Crippen molar-refractivity contribution in [2.75, 3.05) is 25.9 Å². The SMILES string of the molecule is CPCC(=O)N1CC(/C=C\F)C1. The molecule has 1 fully saturated rings. The maximum Gasteiger partial charge on any atom is 0.226 e. The van der Waals surface area contributed by atoms with Gasteiger partial charge in [0.25, 0.3) is 0 Å². The van der Waals surface area contributed by atoms with Gasteiger partial charge >= 0.3 is 0 Å². The third kappa shape index (κ3) is 2.28. The van der Waals surface area contributed by atoms with Crippen molar-refractivity contribution in [3.8, 4) is 0 Å². The Balaban J connectivity index is 2.20. The van der Waals surface area contributed by atoms with E-state index in [-0.39, 0.29) is 11.8 Å². The van der Waals surface area contributed by atoms with Gasteiger partial charge in [-0.1, -0.05) is 0 Å². The van der Waals surface area contributed by atoms with Crippen molar-refractivity contribution < 1.29 is 9.18 Å². The molecule has 2 nitrogen and oxygen atoms in total. The fourth-order valence-electron chi connectivity index (χ4n) is 1.20. The molecule has 0 aromatic carbocycles. The minimum absolute atomic E-state index is 0.208. The van der Waals surface area contributed by atoms with Gasteiger partial charge in [-0.2, -0.15) is 0 Å². The Morgan fingerprint density at radius 3 is 2.92 bits per heavy atom. The summed E-state index contributed by atoms with van der Waals surface area (Å²) < 4.78 is 11.7. The Morgan fingerprint density at radius 2 is 2.42 bits per heavy atom. The largest absolute Gasteiger partial charge is 0.341 e. The molecule has 0 aliphatic carbocycles. The Morgan fingerprint density at radius 1 is 1.75 bits per heavy atom. The predicted molar refractivity (Wildman–Crippen MR) is 49.4 cm³/mol. The first kappa shape index (κ1) is 9.66. The zero-order valence-electron chi connectivity index (χ0n) is 7.09. The van der Waals surface area contributed by atoms with Crippen molar-refractivity contribution in [2.24, 2.45) is 5.92 Å². The molecule has 1 amide bonds. The highest BCUT2D eigenvalue weighted by Crippen LogP contribution is 2.18. The normalized spacial score (nSPS) is 19.3. The van der Waals surface area contributed by atoms with Crippen LogP contribution < -0.4 is 0 Å². The number of hydrogen-bond acceptors (Lipinski definition) is 1. The van der Waals surface area contributed by atoms with Crippen LogP contribution in [-0.2, 0) is 4.79 Å². The van der Waals surface area contributed by atoms with Gasteiger partial charge in [-0.15, -0.1) is 8.58 Å². The van der Waals surface area contributed by atoms with Crippen molar-refractivity contribution in [3.63, 3.8) is 0 Å². The Bertz CT molecular complexity index is 189. The summed E-state index contributed by atoms with van der Waals surface area (Å²) in [7, 11) is 0.678. The highest BCUT2D eigenvalue weighted by molar-refractivity contribution is 7.38. The van der Waals surface area contributed by atoms with E-state index in [0.29, 0.717) is 34.2 Å². The van der Waals surface area contributed by atoms with Crippen molar-refractivity contribution >= 4 is 14.5 Å². The van der Waals surface area contributed by atoms with Crippen LogP contribution in [0.15, 0.2) is 12.4 Å². The Kier molecular flexibility index (Phi) is 3.67. The molecule has 1 unspecified atom stereocenters. The molecule has 0 saturated carbocycles. The van der Waals surface area contributed by atoms with Crippen LogP contribution in [0.4, 0.5) is 4.39 Å². The lowest BCUT2D eigenvalue weighted by Gasteiger charge is -2.37. The van der Waals surface area contributed by atoms with Gasteiger partial charge in [0.1, 0.15) is 0 Å². The zero-order valence-corrected chi connectivity index (χ0v) is 8.09. The minimum Gasteiger partial charge on any atom is -0.341 e. The molecule has 68 valence electrons. The molecule has 1 aliphatic rings. The van der Waals surface area contributed by atoms with Crippen LogP contribution in [0.3, 0.4) is 0 Å². The van der Waals surface area contributed by atoms with E-state index in [0.717, 1.165) is 0 Å². The van der Waals surface area contributed by atoms with E-state index in [9.17, 15) is 9.18 Å². The van der Waals surface area contributed by atoms with Crippen LogP contribution in [0.5, 0.6) is 0 Å². The number of hydrogen-bond donors (Lipinski definition) is 0.